The lowest BCUT2D eigenvalue weighted by molar-refractivity contribution is 0.0526. The lowest BCUT2D eigenvalue weighted by Gasteiger charge is -2.06. The van der Waals surface area contributed by atoms with Crippen LogP contribution in [0, 0.1) is 18.3 Å². The van der Waals surface area contributed by atoms with Gasteiger partial charge in [0.05, 0.1) is 23.3 Å². The molecule has 5 heteroatoms. The number of carbonyl (C=O) groups excluding carboxylic acids is 1. The minimum Gasteiger partial charge on any atom is -0.462 e. The van der Waals surface area contributed by atoms with Gasteiger partial charge in [-0.25, -0.2) is 9.78 Å². The summed E-state index contributed by atoms with van der Waals surface area (Å²) in [5.74, 6) is 0.255. The van der Waals surface area contributed by atoms with Crippen LogP contribution >= 0.6 is 0 Å². The molecule has 0 spiro atoms. The van der Waals surface area contributed by atoms with Gasteiger partial charge < -0.3 is 4.74 Å². The number of nitrogens with zero attached hydrogens (tertiary/aromatic N) is 3. The summed E-state index contributed by atoms with van der Waals surface area (Å²) < 4.78 is 6.80. The van der Waals surface area contributed by atoms with Crippen LogP contribution in [-0.4, -0.2) is 22.1 Å². The number of hydrogen-bond acceptors (Lipinski definition) is 4. The average Bonchev–Trinajstić information content (AvgIpc) is 2.93. The summed E-state index contributed by atoms with van der Waals surface area (Å²) >= 11 is 0. The van der Waals surface area contributed by atoms with E-state index in [0.717, 1.165) is 16.5 Å². The maximum Gasteiger partial charge on any atom is 0.339 e. The quantitative estimate of drug-likeness (QED) is 0.696. The lowest BCUT2D eigenvalue weighted by atomic mass is 10.1. The number of ether oxygens (including phenoxy) is 1. The fourth-order valence-electron chi connectivity index (χ4n) is 2.49. The van der Waals surface area contributed by atoms with Crippen LogP contribution in [0.5, 0.6) is 0 Å². The summed E-state index contributed by atoms with van der Waals surface area (Å²) in [5.41, 5.74) is 3.00. The Kier molecular flexibility index (Phi) is 3.82. The molecule has 3 rings (SSSR count). The summed E-state index contributed by atoms with van der Waals surface area (Å²) in [6.45, 7) is 4.08. The molecule has 0 N–H and O–H groups in total. The van der Waals surface area contributed by atoms with Crippen molar-refractivity contribution in [1.82, 2.24) is 9.55 Å². The van der Waals surface area contributed by atoms with E-state index in [2.05, 4.69) is 11.1 Å². The first-order chi connectivity index (χ1) is 11.1. The third-order valence-electron chi connectivity index (χ3n) is 3.59. The summed E-state index contributed by atoms with van der Waals surface area (Å²) in [6.07, 6.45) is 3.25. The Hall–Kier alpha value is -3.13. The molecule has 0 bridgehead atoms. The third kappa shape index (κ3) is 2.67. The van der Waals surface area contributed by atoms with Crippen LogP contribution in [-0.2, 0) is 4.74 Å². The molecule has 0 aliphatic carbocycles. The van der Waals surface area contributed by atoms with Gasteiger partial charge in [-0.05, 0) is 38.1 Å². The van der Waals surface area contributed by atoms with E-state index in [0.29, 0.717) is 23.6 Å². The molecule has 0 radical (unpaired) electrons. The molecule has 2 aromatic heterocycles. The number of nitriles is 1. The van der Waals surface area contributed by atoms with Gasteiger partial charge in [-0.3, -0.25) is 4.57 Å². The van der Waals surface area contributed by atoms with E-state index < -0.39 is 5.97 Å². The number of benzene rings is 1. The highest BCUT2D eigenvalue weighted by molar-refractivity contribution is 5.90. The Morgan fingerprint density at radius 2 is 2.17 bits per heavy atom. The number of hydrogen-bond donors (Lipinski definition) is 0. The van der Waals surface area contributed by atoms with Gasteiger partial charge in [0, 0.05) is 17.8 Å². The summed E-state index contributed by atoms with van der Waals surface area (Å²) in [7, 11) is 0. The van der Waals surface area contributed by atoms with Gasteiger partial charge in [0.2, 0.25) is 0 Å². The Bertz CT molecular complexity index is 918. The second-order valence-electron chi connectivity index (χ2n) is 5.17. The highest BCUT2D eigenvalue weighted by Crippen LogP contribution is 2.25. The first-order valence-corrected chi connectivity index (χ1v) is 7.29. The summed E-state index contributed by atoms with van der Waals surface area (Å²) in [5, 5.41) is 10.2. The molecule has 0 amide bonds. The number of fused-ring (bicyclic) bond motifs is 1. The standard InChI is InChI=1S/C18H15N3O2/c1-3-23-18(22)13-5-7-17(20-10-13)21-11-14(9-19)15-8-12(2)4-6-16(15)21/h4-8,10-11H,3H2,1-2H3. The molecule has 114 valence electrons. The molecule has 0 fully saturated rings. The van der Waals surface area contributed by atoms with Crippen LogP contribution in [0.3, 0.4) is 0 Å². The van der Waals surface area contributed by atoms with E-state index in [1.807, 2.05) is 29.7 Å². The average molecular weight is 305 g/mol. The van der Waals surface area contributed by atoms with Crippen molar-refractivity contribution in [2.75, 3.05) is 6.61 Å². The van der Waals surface area contributed by atoms with E-state index in [-0.39, 0.29) is 0 Å². The van der Waals surface area contributed by atoms with Gasteiger partial charge >= 0.3 is 5.97 Å². The smallest absolute Gasteiger partial charge is 0.339 e. The van der Waals surface area contributed by atoms with Gasteiger partial charge in [0.1, 0.15) is 11.9 Å². The SMILES string of the molecule is CCOC(=O)c1ccc(-n2cc(C#N)c3cc(C)ccc32)nc1. The number of pyridine rings is 1. The van der Waals surface area contributed by atoms with Crippen LogP contribution in [0.2, 0.25) is 0 Å². The van der Waals surface area contributed by atoms with Crippen molar-refractivity contribution in [3.63, 3.8) is 0 Å². The molecule has 1 aromatic carbocycles. The Balaban J connectivity index is 2.07. The molecule has 0 atom stereocenters. The largest absolute Gasteiger partial charge is 0.462 e. The first-order valence-electron chi connectivity index (χ1n) is 7.29. The van der Waals surface area contributed by atoms with Crippen molar-refractivity contribution in [2.45, 2.75) is 13.8 Å². The number of carbonyl (C=O) groups is 1. The maximum absolute atomic E-state index is 11.7. The van der Waals surface area contributed by atoms with Crippen molar-refractivity contribution in [1.29, 1.82) is 5.26 Å². The molecule has 3 aromatic rings. The van der Waals surface area contributed by atoms with E-state index in [1.54, 1.807) is 25.3 Å². The zero-order valence-corrected chi connectivity index (χ0v) is 12.9. The monoisotopic (exact) mass is 305 g/mol. The Morgan fingerprint density at radius 1 is 1.35 bits per heavy atom. The Morgan fingerprint density at radius 3 is 2.83 bits per heavy atom. The predicted octanol–water partition coefficient (Wildman–Crippen LogP) is 3.38. The molecule has 23 heavy (non-hydrogen) atoms. The van der Waals surface area contributed by atoms with E-state index in [4.69, 9.17) is 4.74 Å². The molecule has 0 saturated heterocycles. The van der Waals surface area contributed by atoms with Crippen molar-refractivity contribution in [3.05, 3.63) is 59.4 Å². The molecular formula is C18H15N3O2. The molecule has 5 nitrogen and oxygen atoms in total. The van der Waals surface area contributed by atoms with Crippen LogP contribution in [0.25, 0.3) is 16.7 Å². The van der Waals surface area contributed by atoms with Gasteiger partial charge in [-0.2, -0.15) is 5.26 Å². The minimum absolute atomic E-state index is 0.327. The van der Waals surface area contributed by atoms with Gasteiger partial charge in [0.15, 0.2) is 0 Å². The summed E-state index contributed by atoms with van der Waals surface area (Å²) in [6, 6.07) is 11.6. The van der Waals surface area contributed by atoms with Crippen LogP contribution < -0.4 is 0 Å². The Labute approximate surface area is 133 Å². The normalized spacial score (nSPS) is 10.5. The highest BCUT2D eigenvalue weighted by atomic mass is 16.5. The zero-order valence-electron chi connectivity index (χ0n) is 12.9. The molecule has 0 saturated carbocycles. The van der Waals surface area contributed by atoms with Crippen LogP contribution in [0.15, 0.2) is 42.7 Å². The molecule has 2 heterocycles. The topological polar surface area (TPSA) is 67.9 Å². The molecule has 0 aliphatic rings. The first kappa shape index (κ1) is 14.8. The van der Waals surface area contributed by atoms with Crippen molar-refractivity contribution in [3.8, 4) is 11.9 Å². The molecule has 0 unspecified atom stereocenters. The van der Waals surface area contributed by atoms with Gasteiger partial charge in [0.25, 0.3) is 0 Å². The lowest BCUT2D eigenvalue weighted by Crippen LogP contribution is -2.06. The van der Waals surface area contributed by atoms with Crippen molar-refractivity contribution in [2.24, 2.45) is 0 Å². The number of aromatic nitrogens is 2. The van der Waals surface area contributed by atoms with E-state index >= 15 is 0 Å². The third-order valence-corrected chi connectivity index (χ3v) is 3.59. The number of rotatable bonds is 3. The van der Waals surface area contributed by atoms with Gasteiger partial charge in [-0.15, -0.1) is 0 Å². The van der Waals surface area contributed by atoms with Crippen LogP contribution in [0.1, 0.15) is 28.4 Å². The summed E-state index contributed by atoms with van der Waals surface area (Å²) in [4.78, 5) is 16.0. The van der Waals surface area contributed by atoms with Gasteiger partial charge in [-0.1, -0.05) is 11.6 Å². The highest BCUT2D eigenvalue weighted by Gasteiger charge is 2.12. The fraction of sp³-hybridized carbons (Fsp3) is 0.167. The number of esters is 1. The fourth-order valence-corrected chi connectivity index (χ4v) is 2.49. The predicted molar refractivity (Wildman–Crippen MR) is 86.5 cm³/mol. The maximum atomic E-state index is 11.7. The number of aryl methyl sites for hydroxylation is 1. The molecular weight excluding hydrogens is 290 g/mol. The second kappa shape index (κ2) is 5.93. The van der Waals surface area contributed by atoms with Crippen LogP contribution in [0.4, 0.5) is 0 Å². The molecule has 0 aliphatic heterocycles. The van der Waals surface area contributed by atoms with E-state index in [1.165, 1.54) is 6.20 Å². The second-order valence-corrected chi connectivity index (χ2v) is 5.17. The van der Waals surface area contributed by atoms with E-state index in [9.17, 15) is 10.1 Å². The zero-order chi connectivity index (χ0) is 16.4. The van der Waals surface area contributed by atoms with Crippen molar-refractivity contribution < 1.29 is 9.53 Å². The minimum atomic E-state index is -0.391. The van der Waals surface area contributed by atoms with Crippen molar-refractivity contribution >= 4 is 16.9 Å².